The number of hydrogen-bond donors (Lipinski definition) is 2. The molecule has 2 heterocycles. The second-order valence-electron chi connectivity index (χ2n) is 6.89. The number of alkyl halides is 3. The van der Waals surface area contributed by atoms with Crippen molar-refractivity contribution in [1.82, 2.24) is 20.4 Å². The van der Waals surface area contributed by atoms with Gasteiger partial charge in [0.1, 0.15) is 5.56 Å². The fraction of sp³-hybridized carbons (Fsp3) is 0.667. The summed E-state index contributed by atoms with van der Waals surface area (Å²) in [6, 6.07) is 0.840. The van der Waals surface area contributed by atoms with E-state index in [-0.39, 0.29) is 23.7 Å². The van der Waals surface area contributed by atoms with E-state index in [1.54, 1.807) is 5.10 Å². The maximum Gasteiger partial charge on any atom is 0.421 e. The van der Waals surface area contributed by atoms with Crippen LogP contribution in [-0.4, -0.2) is 45.7 Å². The lowest BCUT2D eigenvalue weighted by atomic mass is 9.93. The van der Waals surface area contributed by atoms with Crippen LogP contribution in [0.1, 0.15) is 38.4 Å². The van der Waals surface area contributed by atoms with Crippen LogP contribution in [0.5, 0.6) is 0 Å². The van der Waals surface area contributed by atoms with Gasteiger partial charge < -0.3 is 5.32 Å². The molecular formula is C15H21F3N4O2. The SMILES string of the molecule is CC(C)(C)N1CCC1CNC(=O)Cc1cc(C(F)(F)F)c(=O)[nH]n1. The number of hydrogen-bond acceptors (Lipinski definition) is 4. The van der Waals surface area contributed by atoms with Gasteiger partial charge in [0, 0.05) is 24.7 Å². The lowest BCUT2D eigenvalue weighted by molar-refractivity contribution is -0.139. The molecule has 0 bridgehead atoms. The minimum atomic E-state index is -4.78. The van der Waals surface area contributed by atoms with Gasteiger partial charge >= 0.3 is 6.18 Å². The van der Waals surface area contributed by atoms with Crippen molar-refractivity contribution in [1.29, 1.82) is 0 Å². The van der Waals surface area contributed by atoms with Crippen molar-refractivity contribution < 1.29 is 18.0 Å². The van der Waals surface area contributed by atoms with Crippen molar-refractivity contribution >= 4 is 5.91 Å². The van der Waals surface area contributed by atoms with E-state index in [1.807, 2.05) is 0 Å². The molecule has 1 aromatic rings. The number of nitrogens with zero attached hydrogens (tertiary/aromatic N) is 2. The number of nitrogens with one attached hydrogen (secondary N) is 2. The minimum absolute atomic E-state index is 0.00965. The predicted octanol–water partition coefficient (Wildman–Crippen LogP) is 1.32. The molecule has 134 valence electrons. The van der Waals surface area contributed by atoms with E-state index in [1.165, 1.54) is 0 Å². The first-order valence-electron chi connectivity index (χ1n) is 7.67. The molecule has 1 amide bonds. The molecule has 2 N–H and O–H groups in total. The van der Waals surface area contributed by atoms with Crippen LogP contribution in [-0.2, 0) is 17.4 Å². The Morgan fingerprint density at radius 3 is 2.58 bits per heavy atom. The zero-order valence-corrected chi connectivity index (χ0v) is 13.8. The highest BCUT2D eigenvalue weighted by atomic mass is 19.4. The van der Waals surface area contributed by atoms with E-state index in [4.69, 9.17) is 0 Å². The lowest BCUT2D eigenvalue weighted by Crippen LogP contribution is -2.60. The van der Waals surface area contributed by atoms with Crippen molar-refractivity contribution in [2.45, 2.75) is 51.4 Å². The average molecular weight is 346 g/mol. The van der Waals surface area contributed by atoms with E-state index in [2.05, 4.69) is 36.1 Å². The first kappa shape index (κ1) is 18.4. The standard InChI is InChI=1S/C15H21F3N4O2/c1-14(2,3)22-5-4-10(22)8-19-12(23)7-9-6-11(15(16,17)18)13(24)21-20-9/h6,10H,4-5,7-8H2,1-3H3,(H,19,23)(H,21,24). The number of likely N-dealkylation sites (tertiary alicyclic amines) is 1. The molecular weight excluding hydrogens is 325 g/mol. The molecule has 0 saturated carbocycles. The summed E-state index contributed by atoms with van der Waals surface area (Å²) in [7, 11) is 0. The fourth-order valence-corrected chi connectivity index (χ4v) is 2.74. The van der Waals surface area contributed by atoms with Crippen LogP contribution in [0.25, 0.3) is 0 Å². The molecule has 0 radical (unpaired) electrons. The quantitative estimate of drug-likeness (QED) is 0.862. The third-order valence-electron chi connectivity index (χ3n) is 4.04. The topological polar surface area (TPSA) is 78.1 Å². The Morgan fingerprint density at radius 1 is 1.42 bits per heavy atom. The van der Waals surface area contributed by atoms with E-state index in [0.29, 0.717) is 12.6 Å². The Kier molecular flexibility index (Phi) is 5.03. The highest BCUT2D eigenvalue weighted by Crippen LogP contribution is 2.27. The van der Waals surface area contributed by atoms with Gasteiger partial charge in [0.05, 0.1) is 12.1 Å². The zero-order chi connectivity index (χ0) is 18.1. The number of carbonyl (C=O) groups excluding carboxylic acids is 1. The molecule has 1 aromatic heterocycles. The number of rotatable bonds is 4. The summed E-state index contributed by atoms with van der Waals surface area (Å²) in [6.45, 7) is 7.66. The van der Waals surface area contributed by atoms with E-state index < -0.39 is 23.2 Å². The molecule has 0 aromatic carbocycles. The number of aromatic nitrogens is 2. The molecule has 1 atom stereocenters. The molecule has 24 heavy (non-hydrogen) atoms. The Balaban J connectivity index is 1.93. The van der Waals surface area contributed by atoms with Crippen LogP contribution in [0.2, 0.25) is 0 Å². The summed E-state index contributed by atoms with van der Waals surface area (Å²) < 4.78 is 38.0. The van der Waals surface area contributed by atoms with Crippen molar-refractivity contribution in [3.63, 3.8) is 0 Å². The van der Waals surface area contributed by atoms with Gasteiger partial charge in [0.2, 0.25) is 5.91 Å². The summed E-state index contributed by atoms with van der Waals surface area (Å²) in [6.07, 6.45) is -4.13. The van der Waals surface area contributed by atoms with Crippen LogP contribution in [0.4, 0.5) is 13.2 Å². The van der Waals surface area contributed by atoms with Gasteiger partial charge in [-0.1, -0.05) is 0 Å². The molecule has 1 fully saturated rings. The van der Waals surface area contributed by atoms with Gasteiger partial charge in [-0.2, -0.15) is 18.3 Å². The molecule has 9 heteroatoms. The van der Waals surface area contributed by atoms with Crippen LogP contribution in [0.3, 0.4) is 0 Å². The zero-order valence-electron chi connectivity index (χ0n) is 13.8. The third-order valence-corrected chi connectivity index (χ3v) is 4.04. The Morgan fingerprint density at radius 2 is 2.08 bits per heavy atom. The van der Waals surface area contributed by atoms with Gasteiger partial charge in [-0.15, -0.1) is 0 Å². The first-order valence-corrected chi connectivity index (χ1v) is 7.67. The fourth-order valence-electron chi connectivity index (χ4n) is 2.74. The second kappa shape index (κ2) is 6.54. The van der Waals surface area contributed by atoms with Gasteiger partial charge in [-0.25, -0.2) is 5.10 Å². The smallest absolute Gasteiger partial charge is 0.354 e. The predicted molar refractivity (Wildman–Crippen MR) is 81.4 cm³/mol. The first-order chi connectivity index (χ1) is 11.0. The summed E-state index contributed by atoms with van der Waals surface area (Å²) in [5.74, 6) is -0.427. The number of carbonyl (C=O) groups is 1. The van der Waals surface area contributed by atoms with Crippen molar-refractivity contribution in [2.24, 2.45) is 0 Å². The Bertz CT molecular complexity index is 664. The van der Waals surface area contributed by atoms with E-state index in [9.17, 15) is 22.8 Å². The van der Waals surface area contributed by atoms with Gasteiger partial charge in [0.25, 0.3) is 5.56 Å². The maximum absolute atomic E-state index is 12.7. The number of halogens is 3. The highest BCUT2D eigenvalue weighted by molar-refractivity contribution is 5.78. The van der Waals surface area contributed by atoms with E-state index in [0.717, 1.165) is 13.0 Å². The molecule has 2 rings (SSSR count). The molecule has 0 aliphatic carbocycles. The monoisotopic (exact) mass is 346 g/mol. The second-order valence-corrected chi connectivity index (χ2v) is 6.89. The maximum atomic E-state index is 12.7. The number of aromatic amines is 1. The summed E-state index contributed by atoms with van der Waals surface area (Å²) in [5.41, 5.74) is -2.78. The summed E-state index contributed by atoms with van der Waals surface area (Å²) in [4.78, 5) is 25.3. The van der Waals surface area contributed by atoms with Crippen LogP contribution in [0.15, 0.2) is 10.9 Å². The van der Waals surface area contributed by atoms with Gasteiger partial charge in [-0.3, -0.25) is 14.5 Å². The molecule has 6 nitrogen and oxygen atoms in total. The van der Waals surface area contributed by atoms with Crippen LogP contribution < -0.4 is 10.9 Å². The number of H-pyrrole nitrogens is 1. The molecule has 1 unspecified atom stereocenters. The van der Waals surface area contributed by atoms with Gasteiger partial charge in [0.15, 0.2) is 0 Å². The summed E-state index contributed by atoms with van der Waals surface area (Å²) in [5, 5.41) is 7.99. The summed E-state index contributed by atoms with van der Waals surface area (Å²) >= 11 is 0. The Labute approximate surface area is 137 Å². The third kappa shape index (κ3) is 4.34. The molecule has 1 aliphatic heterocycles. The van der Waals surface area contributed by atoms with Crippen molar-refractivity contribution in [3.05, 3.63) is 27.7 Å². The van der Waals surface area contributed by atoms with E-state index >= 15 is 0 Å². The van der Waals surface area contributed by atoms with Crippen LogP contribution in [0, 0.1) is 0 Å². The van der Waals surface area contributed by atoms with Crippen molar-refractivity contribution in [2.75, 3.05) is 13.1 Å². The molecule has 1 aliphatic rings. The lowest BCUT2D eigenvalue weighted by Gasteiger charge is -2.49. The highest BCUT2D eigenvalue weighted by Gasteiger charge is 2.36. The minimum Gasteiger partial charge on any atom is -0.354 e. The average Bonchev–Trinajstić information content (AvgIpc) is 2.36. The number of amides is 1. The van der Waals surface area contributed by atoms with Gasteiger partial charge in [-0.05, 0) is 33.3 Å². The largest absolute Gasteiger partial charge is 0.421 e. The normalized spacial score (nSPS) is 19.0. The van der Waals surface area contributed by atoms with Crippen molar-refractivity contribution in [3.8, 4) is 0 Å². The Hall–Kier alpha value is -1.90. The van der Waals surface area contributed by atoms with Crippen LogP contribution >= 0.6 is 0 Å². The molecule has 1 saturated heterocycles. The molecule has 0 spiro atoms.